The molecule has 1 amide bonds. The summed E-state index contributed by atoms with van der Waals surface area (Å²) in [7, 11) is 0. The molecule has 4 rings (SSSR count). The van der Waals surface area contributed by atoms with Crippen LogP contribution >= 0.6 is 23.2 Å². The molecule has 4 nitrogen and oxygen atoms in total. The molecule has 0 aromatic heterocycles. The van der Waals surface area contributed by atoms with Gasteiger partial charge in [-0.2, -0.15) is 0 Å². The van der Waals surface area contributed by atoms with E-state index in [0.717, 1.165) is 23.1 Å². The van der Waals surface area contributed by atoms with Crippen molar-refractivity contribution in [1.29, 1.82) is 0 Å². The lowest BCUT2D eigenvalue weighted by atomic mass is 9.68. The maximum Gasteiger partial charge on any atom is 0.238 e. The number of carbonyl (C=O) groups excluding carboxylic acids is 1. The molecule has 208 valence electrons. The zero-order valence-corrected chi connectivity index (χ0v) is 25.3. The van der Waals surface area contributed by atoms with Crippen LogP contribution in [0, 0.1) is 5.41 Å². The highest BCUT2D eigenvalue weighted by molar-refractivity contribution is 6.30. The highest BCUT2D eigenvalue weighted by Gasteiger charge is 2.56. The first-order chi connectivity index (χ1) is 18.2. The standard InChI is InChI=1S/C33H41Cl2N3O/c1-31(2,3)19-27-33(36,24-14-16-25(34)17-15-24)28(22-8-7-9-26(35)18-22)29(38-27)30(39)37-20-21-10-12-23(13-11-21)32(4,5)6/h7-18,27-29,38H,19-20,36H2,1-6H3,(H,37,39)/t27-,28-,29+,33+/m0/s1. The maximum absolute atomic E-state index is 13.9. The molecule has 0 bridgehead atoms. The lowest BCUT2D eigenvalue weighted by Crippen LogP contribution is -2.51. The average Bonchev–Trinajstić information content (AvgIpc) is 3.14. The number of carbonyl (C=O) groups is 1. The van der Waals surface area contributed by atoms with Gasteiger partial charge in [-0.25, -0.2) is 0 Å². The Morgan fingerprint density at radius 1 is 0.923 bits per heavy atom. The van der Waals surface area contributed by atoms with Crippen LogP contribution in [0.15, 0.2) is 72.8 Å². The third-order valence-electron chi connectivity index (χ3n) is 7.74. The predicted octanol–water partition coefficient (Wildman–Crippen LogP) is 7.32. The van der Waals surface area contributed by atoms with E-state index in [0.29, 0.717) is 16.6 Å². The lowest BCUT2D eigenvalue weighted by Gasteiger charge is -2.39. The number of hydrogen-bond acceptors (Lipinski definition) is 3. The van der Waals surface area contributed by atoms with Crippen LogP contribution < -0.4 is 16.4 Å². The highest BCUT2D eigenvalue weighted by Crippen LogP contribution is 2.48. The summed E-state index contributed by atoms with van der Waals surface area (Å²) < 4.78 is 0. The van der Waals surface area contributed by atoms with Crippen LogP contribution in [0.25, 0.3) is 0 Å². The van der Waals surface area contributed by atoms with E-state index in [9.17, 15) is 4.79 Å². The van der Waals surface area contributed by atoms with E-state index in [2.05, 4.69) is 76.4 Å². The second kappa shape index (κ2) is 11.2. The van der Waals surface area contributed by atoms with Crippen LogP contribution in [0.5, 0.6) is 0 Å². The molecule has 1 heterocycles. The van der Waals surface area contributed by atoms with Crippen molar-refractivity contribution >= 4 is 29.1 Å². The predicted molar refractivity (Wildman–Crippen MR) is 163 cm³/mol. The van der Waals surface area contributed by atoms with E-state index < -0.39 is 11.6 Å². The zero-order chi connectivity index (χ0) is 28.6. The summed E-state index contributed by atoms with van der Waals surface area (Å²) in [6, 6.07) is 23.1. The molecule has 0 aliphatic carbocycles. The van der Waals surface area contributed by atoms with E-state index in [-0.39, 0.29) is 28.7 Å². The minimum absolute atomic E-state index is 0.0201. The molecule has 39 heavy (non-hydrogen) atoms. The van der Waals surface area contributed by atoms with Crippen LogP contribution in [0.3, 0.4) is 0 Å². The molecule has 1 aliphatic rings. The van der Waals surface area contributed by atoms with Gasteiger partial charge in [-0.15, -0.1) is 0 Å². The van der Waals surface area contributed by atoms with Gasteiger partial charge in [0.1, 0.15) is 0 Å². The highest BCUT2D eigenvalue weighted by atomic mass is 35.5. The van der Waals surface area contributed by atoms with E-state index in [4.69, 9.17) is 28.9 Å². The second-order valence-electron chi connectivity index (χ2n) is 13.1. The molecule has 4 atom stereocenters. The molecule has 1 fully saturated rings. The molecule has 6 heteroatoms. The van der Waals surface area contributed by atoms with Crippen molar-refractivity contribution in [2.75, 3.05) is 0 Å². The van der Waals surface area contributed by atoms with Gasteiger partial charge in [0.25, 0.3) is 0 Å². The second-order valence-corrected chi connectivity index (χ2v) is 14.0. The van der Waals surface area contributed by atoms with Gasteiger partial charge in [0.2, 0.25) is 5.91 Å². The molecule has 0 saturated carbocycles. The van der Waals surface area contributed by atoms with E-state index >= 15 is 0 Å². The Kier molecular flexibility index (Phi) is 8.54. The monoisotopic (exact) mass is 565 g/mol. The third-order valence-corrected chi connectivity index (χ3v) is 8.23. The SMILES string of the molecule is CC(C)(C)C[C@@H]1N[C@@H](C(=O)NCc2ccc(C(C)(C)C)cc2)[C@H](c2cccc(Cl)c2)[C@@]1(N)c1ccc(Cl)cc1. The minimum Gasteiger partial charge on any atom is -0.351 e. The molecule has 0 spiro atoms. The van der Waals surface area contributed by atoms with Gasteiger partial charge < -0.3 is 16.4 Å². The number of rotatable bonds is 6. The van der Waals surface area contributed by atoms with Crippen LogP contribution in [-0.4, -0.2) is 18.0 Å². The average molecular weight is 567 g/mol. The van der Waals surface area contributed by atoms with Crippen molar-refractivity contribution in [1.82, 2.24) is 10.6 Å². The van der Waals surface area contributed by atoms with Crippen molar-refractivity contribution in [3.05, 3.63) is 105 Å². The fraction of sp³-hybridized carbons (Fsp3) is 0.424. The molecular formula is C33H41Cl2N3O. The fourth-order valence-electron chi connectivity index (χ4n) is 5.72. The first-order valence-corrected chi connectivity index (χ1v) is 14.4. The van der Waals surface area contributed by atoms with Gasteiger partial charge in [0, 0.05) is 28.5 Å². The summed E-state index contributed by atoms with van der Waals surface area (Å²) >= 11 is 12.7. The quantitative estimate of drug-likeness (QED) is 0.293. The van der Waals surface area contributed by atoms with Crippen molar-refractivity contribution in [3.63, 3.8) is 0 Å². The first kappa shape index (κ1) is 29.6. The maximum atomic E-state index is 13.9. The number of halogens is 2. The summed E-state index contributed by atoms with van der Waals surface area (Å²) in [5.74, 6) is -0.437. The molecule has 3 aromatic carbocycles. The number of benzene rings is 3. The molecular weight excluding hydrogens is 525 g/mol. The Balaban J connectivity index is 1.71. The topological polar surface area (TPSA) is 67.2 Å². The molecule has 4 N–H and O–H groups in total. The Morgan fingerprint density at radius 2 is 1.56 bits per heavy atom. The molecule has 3 aromatic rings. The lowest BCUT2D eigenvalue weighted by molar-refractivity contribution is -0.123. The van der Waals surface area contributed by atoms with Crippen molar-refractivity contribution in [3.8, 4) is 0 Å². The summed E-state index contributed by atoms with van der Waals surface area (Å²) in [4.78, 5) is 13.9. The number of hydrogen-bond donors (Lipinski definition) is 3. The van der Waals surface area contributed by atoms with Crippen LogP contribution in [-0.2, 0) is 22.3 Å². The van der Waals surface area contributed by atoms with Crippen molar-refractivity contribution in [2.24, 2.45) is 11.1 Å². The van der Waals surface area contributed by atoms with Gasteiger partial charge >= 0.3 is 0 Å². The van der Waals surface area contributed by atoms with E-state index in [1.165, 1.54) is 5.56 Å². The van der Waals surface area contributed by atoms with Gasteiger partial charge in [-0.05, 0) is 63.8 Å². The fourth-order valence-corrected chi connectivity index (χ4v) is 6.04. The summed E-state index contributed by atoms with van der Waals surface area (Å²) in [5, 5.41) is 8.11. The Bertz CT molecular complexity index is 1290. The molecule has 0 unspecified atom stereocenters. The third kappa shape index (κ3) is 6.69. The van der Waals surface area contributed by atoms with Crippen LogP contribution in [0.2, 0.25) is 10.0 Å². The number of nitrogens with two attached hydrogens (primary N) is 1. The first-order valence-electron chi connectivity index (χ1n) is 13.6. The minimum atomic E-state index is -0.876. The summed E-state index contributed by atoms with van der Waals surface area (Å²) in [6.45, 7) is 13.6. The Morgan fingerprint density at radius 3 is 2.13 bits per heavy atom. The van der Waals surface area contributed by atoms with E-state index in [1.54, 1.807) is 0 Å². The molecule has 1 aliphatic heterocycles. The van der Waals surface area contributed by atoms with Crippen LogP contribution in [0.4, 0.5) is 0 Å². The van der Waals surface area contributed by atoms with Gasteiger partial charge in [-0.3, -0.25) is 4.79 Å². The van der Waals surface area contributed by atoms with Crippen LogP contribution in [0.1, 0.15) is 76.1 Å². The number of nitrogens with one attached hydrogen (secondary N) is 2. The van der Waals surface area contributed by atoms with Crippen molar-refractivity contribution in [2.45, 2.75) is 83.5 Å². The van der Waals surface area contributed by atoms with Gasteiger partial charge in [0.15, 0.2) is 0 Å². The zero-order valence-electron chi connectivity index (χ0n) is 23.8. The normalized spacial score (nSPS) is 23.6. The molecule has 1 saturated heterocycles. The smallest absolute Gasteiger partial charge is 0.238 e. The summed E-state index contributed by atoms with van der Waals surface area (Å²) in [6.07, 6.45) is 0.779. The Hall–Kier alpha value is -2.37. The van der Waals surface area contributed by atoms with E-state index in [1.807, 2.05) is 48.5 Å². The van der Waals surface area contributed by atoms with Gasteiger partial charge in [-0.1, -0.05) is 113 Å². The van der Waals surface area contributed by atoms with Gasteiger partial charge in [0.05, 0.1) is 11.6 Å². The Labute approximate surface area is 243 Å². The summed E-state index contributed by atoms with van der Waals surface area (Å²) in [5.41, 5.74) is 10.8. The van der Waals surface area contributed by atoms with Crippen molar-refractivity contribution < 1.29 is 4.79 Å². The number of amides is 1. The largest absolute Gasteiger partial charge is 0.351 e. The molecule has 0 radical (unpaired) electrons.